The Morgan fingerprint density at radius 1 is 0.336 bits per heavy atom. The zero-order chi connectivity index (χ0) is 92.6. The number of carbonyl (C=O) groups excluding carboxylic acids is 3. The number of halogens is 4. The summed E-state index contributed by atoms with van der Waals surface area (Å²) in [4.78, 5) is 63.2. The second kappa shape index (κ2) is 48.9. The standard InChI is InChI=1S/C16H16N2O2.2C15H16BrNO2.2C11H7BrO2.C11H8N2.C11H12N2.2C4H10O.CN.Cu/c1-16(2,3)20-15(19)18-14-8-6-11-9-13(17-4)7-5-12(11)10-14;2*1-15(2,3)19-14(18)17-13-7-5-10-8-12(16)6-4-11(10)9-13;2*12-10-4-3-7-5-9(11(13)14)2-1-8(7)6-10;1-13-11-5-3-8-6-10(12)4-2-9(8)7-11;12-7-8-1-2-10-6-11(13)4-3-9(10)5-8;2*1-4(2,3)5;1-2;/h5-10H,1-3H3,(H,18,19);2*4-9H,1-3H3,(H,17,18);2*1-6H,(H,13,14);2-7H,12H2;1-6H,7,12-13H2;2*5H,1-3H3;;/q;;;;;;;;;-1;+1. The summed E-state index contributed by atoms with van der Waals surface area (Å²) in [5.41, 5.74) is 21.1. The van der Waals surface area contributed by atoms with Gasteiger partial charge in [-0.05, 0) is 336 Å². The van der Waals surface area contributed by atoms with Gasteiger partial charge in [0.25, 0.3) is 0 Å². The average molecular weight is 1990 g/mol. The molecule has 21 nitrogen and oxygen atoms in total. The second-order valence-corrected chi connectivity index (χ2v) is 36.2. The molecule has 14 aromatic carbocycles. The van der Waals surface area contributed by atoms with Crippen LogP contribution in [0.1, 0.15) is 130 Å². The molecule has 0 spiro atoms. The van der Waals surface area contributed by atoms with E-state index in [9.17, 15) is 24.0 Å². The van der Waals surface area contributed by atoms with Crippen molar-refractivity contribution in [2.75, 3.05) is 27.4 Å². The van der Waals surface area contributed by atoms with Gasteiger partial charge in [0.1, 0.15) is 16.8 Å². The van der Waals surface area contributed by atoms with E-state index in [0.717, 1.165) is 116 Å². The van der Waals surface area contributed by atoms with Crippen LogP contribution in [-0.2, 0) is 37.8 Å². The molecule has 14 rings (SSSR count). The molecule has 0 saturated carbocycles. The number of rotatable bonds is 6. The van der Waals surface area contributed by atoms with Crippen molar-refractivity contribution in [1.82, 2.24) is 0 Å². The zero-order valence-corrected chi connectivity index (χ0v) is 79.2. The minimum Gasteiger partial charge on any atom is -0.512 e. The summed E-state index contributed by atoms with van der Waals surface area (Å²) in [7, 11) is 0. The van der Waals surface area contributed by atoms with Crippen LogP contribution in [-0.4, -0.2) is 78.6 Å². The maximum absolute atomic E-state index is 11.7. The zero-order valence-electron chi connectivity index (χ0n) is 71.9. The van der Waals surface area contributed by atoms with E-state index < -0.39 is 58.2 Å². The molecule has 125 heavy (non-hydrogen) atoms. The number of benzene rings is 14. The predicted molar refractivity (Wildman–Crippen MR) is 520 cm³/mol. The van der Waals surface area contributed by atoms with Crippen molar-refractivity contribution in [3.8, 4) is 0 Å². The van der Waals surface area contributed by atoms with Crippen LogP contribution >= 0.6 is 63.7 Å². The van der Waals surface area contributed by atoms with Crippen LogP contribution < -0.4 is 33.2 Å². The first-order valence-corrected chi connectivity index (χ1v) is 41.6. The minimum absolute atomic E-state index is 0. The quantitative estimate of drug-likeness (QED) is 0.0320. The maximum atomic E-state index is 11.7. The van der Waals surface area contributed by atoms with Crippen molar-refractivity contribution in [2.24, 2.45) is 5.73 Å². The number of nitrogens with one attached hydrogen (secondary N) is 3. The molecule has 0 aromatic heterocycles. The summed E-state index contributed by atoms with van der Waals surface area (Å²) >= 11 is 13.6. The number of carboxylic acids is 2. The number of nitrogen functional groups attached to an aromatic ring is 2. The van der Waals surface area contributed by atoms with Gasteiger partial charge in [-0.3, -0.25) is 16.0 Å². The van der Waals surface area contributed by atoms with Crippen LogP contribution in [0.5, 0.6) is 0 Å². The molecule has 0 atom stereocenters. The van der Waals surface area contributed by atoms with Crippen LogP contribution in [0, 0.1) is 25.0 Å². The van der Waals surface area contributed by atoms with E-state index in [1.165, 1.54) is 5.39 Å². The summed E-state index contributed by atoms with van der Waals surface area (Å²) in [5, 5.41) is 63.8. The van der Waals surface area contributed by atoms with Crippen molar-refractivity contribution in [3.05, 3.63) is 319 Å². The molecule has 0 unspecified atom stereocenters. The molecule has 14 aromatic rings. The molecule has 26 heteroatoms. The van der Waals surface area contributed by atoms with Crippen molar-refractivity contribution < 1.29 is 75.7 Å². The van der Waals surface area contributed by atoms with Gasteiger partial charge < -0.3 is 63.7 Å². The molecular formula is C99H102Br4CuN9O12. The van der Waals surface area contributed by atoms with Gasteiger partial charge in [-0.2, -0.15) is 0 Å². The number of nitrogens with zero attached hydrogens (tertiary/aromatic N) is 3. The SMILES string of the molecule is CC(C)(C)O.CC(C)(C)O.CC(C)(C)OC(=O)Nc1ccc2cc(Br)ccc2c1.CC(C)(C)OC(=O)Nc1ccc2cc(Br)ccc2c1.NCc1ccc2cc(N)ccc2c1.O=C(O)c1ccc2cc(Br)ccc2c1.O=C(O)c1ccc2cc(Br)ccc2c1.[C-]#N.[C-]#[N+]c1ccc2cc(N)ccc2c1.[C-]#[N+]c1ccc2cc(NC(=O)OC(C)(C)C)ccc2c1.[Cu+]. The fraction of sp³-hybridized carbons (Fsp3) is 0.212. The number of fused-ring (bicyclic) bond motifs is 7. The van der Waals surface area contributed by atoms with E-state index in [1.54, 1.807) is 84.0 Å². The number of aliphatic hydroxyl groups is 2. The van der Waals surface area contributed by atoms with Crippen LogP contribution in [0.4, 0.5) is 54.2 Å². The van der Waals surface area contributed by atoms with E-state index in [-0.39, 0.29) is 17.1 Å². The monoisotopic (exact) mass is 1990 g/mol. The van der Waals surface area contributed by atoms with E-state index in [2.05, 4.69) is 95.4 Å². The van der Waals surface area contributed by atoms with E-state index in [0.29, 0.717) is 34.7 Å². The molecular weight excluding hydrogens is 1890 g/mol. The number of hydrogen-bond acceptors (Lipinski definition) is 14. The first-order chi connectivity index (χ1) is 57.9. The molecule has 3 amide bonds. The first kappa shape index (κ1) is 105. The Bertz CT molecular complexity index is 5950. The fourth-order valence-electron chi connectivity index (χ4n) is 10.7. The molecule has 0 heterocycles. The van der Waals surface area contributed by atoms with Gasteiger partial charge in [-0.1, -0.05) is 167 Å². The molecule has 13 N–H and O–H groups in total. The third kappa shape index (κ3) is 40.5. The Morgan fingerprint density at radius 2 is 0.552 bits per heavy atom. The van der Waals surface area contributed by atoms with Crippen LogP contribution in [0.3, 0.4) is 0 Å². The number of carboxylic acid groups (broad SMARTS) is 2. The minimum atomic E-state index is -0.894. The predicted octanol–water partition coefficient (Wildman–Crippen LogP) is 27.7. The summed E-state index contributed by atoms with van der Waals surface area (Å²) in [6.45, 7) is 46.1. The topological polar surface area (TPSA) is 341 Å². The number of ether oxygens (including phenoxy) is 3. The molecule has 654 valence electrons. The van der Waals surface area contributed by atoms with Crippen LogP contribution in [0.2, 0.25) is 0 Å². The number of carbonyl (C=O) groups is 5. The average Bonchev–Trinajstić information content (AvgIpc) is 0.882. The second-order valence-electron chi connectivity index (χ2n) is 32.6. The van der Waals surface area contributed by atoms with Gasteiger partial charge in [0, 0.05) is 52.9 Å². The maximum Gasteiger partial charge on any atom is 1.00 e. The Morgan fingerprint density at radius 3 is 0.816 bits per heavy atom. The molecule has 0 aliphatic heterocycles. The molecule has 0 bridgehead atoms. The van der Waals surface area contributed by atoms with Crippen molar-refractivity contribution >= 4 is 209 Å². The number of nitrogens with two attached hydrogens (primary N) is 3. The van der Waals surface area contributed by atoms with Gasteiger partial charge in [0.2, 0.25) is 0 Å². The van der Waals surface area contributed by atoms with Gasteiger partial charge in [0.05, 0.1) is 35.5 Å². The number of anilines is 5. The molecule has 0 fully saturated rings. The summed E-state index contributed by atoms with van der Waals surface area (Å²) < 4.78 is 19.7. The first-order valence-electron chi connectivity index (χ1n) is 38.4. The van der Waals surface area contributed by atoms with Gasteiger partial charge in [-0.15, -0.1) is 0 Å². The van der Waals surface area contributed by atoms with Crippen LogP contribution in [0.15, 0.2) is 273 Å². The number of aromatic carboxylic acids is 2. The Balaban J connectivity index is 0.000000300. The van der Waals surface area contributed by atoms with Crippen molar-refractivity contribution in [2.45, 2.75) is 138 Å². The Hall–Kier alpha value is -12.0. The van der Waals surface area contributed by atoms with Gasteiger partial charge >= 0.3 is 47.3 Å². The van der Waals surface area contributed by atoms with Crippen molar-refractivity contribution in [1.29, 1.82) is 5.26 Å². The smallest absolute Gasteiger partial charge is 0.512 e. The fourth-order valence-corrected chi connectivity index (χ4v) is 12.2. The van der Waals surface area contributed by atoms with E-state index in [4.69, 9.17) is 76.8 Å². The van der Waals surface area contributed by atoms with E-state index >= 15 is 0 Å². The summed E-state index contributed by atoms with van der Waals surface area (Å²) in [5.74, 6) is -1.79. The normalized spacial score (nSPS) is 10.6. The van der Waals surface area contributed by atoms with E-state index in [1.807, 2.05) is 269 Å². The molecule has 0 aliphatic rings. The Labute approximate surface area is 774 Å². The largest absolute Gasteiger partial charge is 1.00 e. The van der Waals surface area contributed by atoms with Gasteiger partial charge in [0.15, 0.2) is 11.4 Å². The Kier molecular flexibility index (Phi) is 41.2. The number of amides is 3. The number of hydrogen-bond donors (Lipinski definition) is 10. The third-order valence-corrected chi connectivity index (χ3v) is 17.7. The molecule has 0 saturated heterocycles. The van der Waals surface area contributed by atoms with Gasteiger partial charge in [-0.25, -0.2) is 33.7 Å². The third-order valence-electron chi connectivity index (χ3n) is 15.7. The molecule has 0 radical (unpaired) electrons. The molecule has 0 aliphatic carbocycles. The summed E-state index contributed by atoms with van der Waals surface area (Å²) in [6, 6.07) is 79.5. The summed E-state index contributed by atoms with van der Waals surface area (Å²) in [6.07, 6.45) is -1.36. The van der Waals surface area contributed by atoms with Crippen molar-refractivity contribution in [3.63, 3.8) is 0 Å². The van der Waals surface area contributed by atoms with Crippen LogP contribution in [0.25, 0.3) is 85.1 Å².